The second-order valence-electron chi connectivity index (χ2n) is 5.71. The number of pyridine rings is 1. The summed E-state index contributed by atoms with van der Waals surface area (Å²) in [6.07, 6.45) is 0.547. The van der Waals surface area contributed by atoms with Gasteiger partial charge in [-0.05, 0) is 37.3 Å². The summed E-state index contributed by atoms with van der Waals surface area (Å²) in [4.78, 5) is 16.6. The Labute approximate surface area is 150 Å². The number of nitrogens with zero attached hydrogens (tertiary/aromatic N) is 4. The number of halogens is 1. The number of benzene rings is 1. The summed E-state index contributed by atoms with van der Waals surface area (Å²) in [7, 11) is 0. The second kappa shape index (κ2) is 7.63. The molecule has 6 nitrogen and oxygen atoms in total. The molecular weight excluding hydrogens is 340 g/mol. The molecule has 0 fully saturated rings. The van der Waals surface area contributed by atoms with Crippen LogP contribution in [0.3, 0.4) is 0 Å². The van der Waals surface area contributed by atoms with Gasteiger partial charge in [-0.25, -0.2) is 9.67 Å². The minimum atomic E-state index is -0.0360. The molecule has 1 N–H and O–H groups in total. The Morgan fingerprint density at radius 1 is 1.12 bits per heavy atom. The van der Waals surface area contributed by atoms with Gasteiger partial charge in [0, 0.05) is 35.3 Å². The fraction of sp³-hybridized carbons (Fsp3) is 0.278. The molecule has 0 atom stereocenters. The topological polar surface area (TPSA) is 72.9 Å². The molecule has 25 heavy (non-hydrogen) atoms. The number of aliphatic hydroxyl groups is 1. The summed E-state index contributed by atoms with van der Waals surface area (Å²) in [5.41, 5.74) is 1.72. The average molecular weight is 359 g/mol. The highest BCUT2D eigenvalue weighted by molar-refractivity contribution is 6.30. The third-order valence-corrected chi connectivity index (χ3v) is 4.24. The van der Waals surface area contributed by atoms with Crippen LogP contribution in [0.4, 0.5) is 0 Å². The lowest BCUT2D eigenvalue weighted by atomic mass is 10.2. The van der Waals surface area contributed by atoms with E-state index in [2.05, 4.69) is 10.1 Å². The van der Waals surface area contributed by atoms with E-state index in [0.29, 0.717) is 30.4 Å². The van der Waals surface area contributed by atoms with Gasteiger partial charge < -0.3 is 9.67 Å². The van der Waals surface area contributed by atoms with Crippen LogP contribution < -0.4 is 5.56 Å². The van der Waals surface area contributed by atoms with Crippen LogP contribution in [0.5, 0.6) is 0 Å². The smallest absolute Gasteiger partial charge is 0.250 e. The molecular formula is C18H19ClN4O2. The fourth-order valence-electron chi connectivity index (χ4n) is 2.68. The van der Waals surface area contributed by atoms with Crippen LogP contribution >= 0.6 is 11.6 Å². The predicted molar refractivity (Wildman–Crippen MR) is 96.7 cm³/mol. The molecule has 3 aromatic rings. The van der Waals surface area contributed by atoms with Crippen molar-refractivity contribution in [3.05, 3.63) is 69.4 Å². The lowest BCUT2D eigenvalue weighted by Crippen LogP contribution is -2.23. The van der Waals surface area contributed by atoms with E-state index < -0.39 is 0 Å². The SMILES string of the molecule is Cc1cccc(=O)n1CCc1nc(-c2ccc(Cl)cc2)nn1CCO. The van der Waals surface area contributed by atoms with Gasteiger partial charge in [-0.1, -0.05) is 17.7 Å². The van der Waals surface area contributed by atoms with Gasteiger partial charge in [0.2, 0.25) is 0 Å². The maximum Gasteiger partial charge on any atom is 0.250 e. The summed E-state index contributed by atoms with van der Waals surface area (Å²) in [5.74, 6) is 1.31. The average Bonchev–Trinajstić information content (AvgIpc) is 2.98. The summed E-state index contributed by atoms with van der Waals surface area (Å²) in [6, 6.07) is 12.5. The monoisotopic (exact) mass is 358 g/mol. The fourth-order valence-corrected chi connectivity index (χ4v) is 2.80. The van der Waals surface area contributed by atoms with Gasteiger partial charge in [0.1, 0.15) is 5.82 Å². The Bertz CT molecular complexity index is 916. The van der Waals surface area contributed by atoms with Gasteiger partial charge in [-0.15, -0.1) is 0 Å². The Morgan fingerprint density at radius 3 is 2.56 bits per heavy atom. The van der Waals surface area contributed by atoms with Gasteiger partial charge in [0.15, 0.2) is 5.82 Å². The van der Waals surface area contributed by atoms with Crippen molar-refractivity contribution >= 4 is 11.6 Å². The minimum Gasteiger partial charge on any atom is -0.394 e. The number of aromatic nitrogens is 4. The maximum atomic E-state index is 12.0. The highest BCUT2D eigenvalue weighted by atomic mass is 35.5. The normalized spacial score (nSPS) is 11.0. The first kappa shape index (κ1) is 17.4. The van der Waals surface area contributed by atoms with Crippen LogP contribution in [0.2, 0.25) is 5.02 Å². The molecule has 0 radical (unpaired) electrons. The Balaban J connectivity index is 1.87. The molecule has 3 rings (SSSR count). The van der Waals surface area contributed by atoms with Crippen LogP contribution in [0.25, 0.3) is 11.4 Å². The predicted octanol–water partition coefficient (Wildman–Crippen LogP) is 2.30. The first-order valence-electron chi connectivity index (χ1n) is 8.05. The molecule has 2 aromatic heterocycles. The standard InChI is InChI=1S/C18H19ClN4O2/c1-13-3-2-4-17(25)22(13)10-9-16-20-18(21-23(16)11-12-24)14-5-7-15(19)8-6-14/h2-8,24H,9-12H2,1H3. The van der Waals surface area contributed by atoms with Crippen molar-refractivity contribution in [3.63, 3.8) is 0 Å². The van der Waals surface area contributed by atoms with Gasteiger partial charge in [0.25, 0.3) is 5.56 Å². The Kier molecular flexibility index (Phi) is 5.31. The molecule has 7 heteroatoms. The van der Waals surface area contributed by atoms with Crippen LogP contribution in [-0.2, 0) is 19.5 Å². The molecule has 0 amide bonds. The molecule has 0 bridgehead atoms. The number of rotatable bonds is 6. The van der Waals surface area contributed by atoms with Crippen molar-refractivity contribution in [1.29, 1.82) is 0 Å². The zero-order valence-corrected chi connectivity index (χ0v) is 14.6. The Morgan fingerprint density at radius 2 is 1.88 bits per heavy atom. The molecule has 0 aliphatic rings. The third kappa shape index (κ3) is 3.97. The molecule has 130 valence electrons. The highest BCUT2D eigenvalue weighted by Crippen LogP contribution is 2.19. The number of hydrogen-bond donors (Lipinski definition) is 1. The van der Waals surface area contributed by atoms with E-state index in [-0.39, 0.29) is 12.2 Å². The van der Waals surface area contributed by atoms with Crippen molar-refractivity contribution in [2.75, 3.05) is 6.61 Å². The van der Waals surface area contributed by atoms with Gasteiger partial charge in [-0.2, -0.15) is 5.10 Å². The second-order valence-corrected chi connectivity index (χ2v) is 6.15. The molecule has 1 aromatic carbocycles. The van der Waals surface area contributed by atoms with E-state index in [0.717, 1.165) is 17.1 Å². The van der Waals surface area contributed by atoms with Crippen LogP contribution in [-0.4, -0.2) is 31.0 Å². The quantitative estimate of drug-likeness (QED) is 0.733. The number of aliphatic hydroxyl groups excluding tert-OH is 1. The Hall–Kier alpha value is -2.44. The summed E-state index contributed by atoms with van der Waals surface area (Å²) in [5, 5.41) is 14.4. The van der Waals surface area contributed by atoms with E-state index in [1.165, 1.54) is 0 Å². The van der Waals surface area contributed by atoms with Gasteiger partial charge in [-0.3, -0.25) is 4.79 Å². The maximum absolute atomic E-state index is 12.0. The van der Waals surface area contributed by atoms with Crippen molar-refractivity contribution in [2.24, 2.45) is 0 Å². The van der Waals surface area contributed by atoms with Crippen LogP contribution in [0, 0.1) is 6.92 Å². The van der Waals surface area contributed by atoms with E-state index >= 15 is 0 Å². The van der Waals surface area contributed by atoms with Crippen LogP contribution in [0.1, 0.15) is 11.5 Å². The van der Waals surface area contributed by atoms with E-state index in [4.69, 9.17) is 11.6 Å². The van der Waals surface area contributed by atoms with E-state index in [9.17, 15) is 9.90 Å². The lowest BCUT2D eigenvalue weighted by Gasteiger charge is -2.09. The highest BCUT2D eigenvalue weighted by Gasteiger charge is 2.12. The molecule has 0 aliphatic heterocycles. The largest absolute Gasteiger partial charge is 0.394 e. The first-order chi connectivity index (χ1) is 12.1. The summed E-state index contributed by atoms with van der Waals surface area (Å²) >= 11 is 5.92. The third-order valence-electron chi connectivity index (χ3n) is 3.99. The zero-order valence-electron chi connectivity index (χ0n) is 13.9. The molecule has 0 saturated heterocycles. The molecule has 0 spiro atoms. The summed E-state index contributed by atoms with van der Waals surface area (Å²) in [6.45, 7) is 2.74. The van der Waals surface area contributed by atoms with E-state index in [1.54, 1.807) is 33.5 Å². The molecule has 0 aliphatic carbocycles. The molecule has 0 saturated carbocycles. The first-order valence-corrected chi connectivity index (χ1v) is 8.43. The zero-order chi connectivity index (χ0) is 17.8. The van der Waals surface area contributed by atoms with Crippen LogP contribution in [0.15, 0.2) is 47.3 Å². The molecule has 0 unspecified atom stereocenters. The molecule has 2 heterocycles. The van der Waals surface area contributed by atoms with Crippen molar-refractivity contribution in [3.8, 4) is 11.4 Å². The van der Waals surface area contributed by atoms with Crippen molar-refractivity contribution in [1.82, 2.24) is 19.3 Å². The van der Waals surface area contributed by atoms with Gasteiger partial charge in [0.05, 0.1) is 13.2 Å². The number of aryl methyl sites for hydroxylation is 2. The minimum absolute atomic E-state index is 0.0271. The van der Waals surface area contributed by atoms with Gasteiger partial charge >= 0.3 is 0 Å². The van der Waals surface area contributed by atoms with Crippen molar-refractivity contribution < 1.29 is 5.11 Å². The van der Waals surface area contributed by atoms with Crippen molar-refractivity contribution in [2.45, 2.75) is 26.4 Å². The number of hydrogen-bond acceptors (Lipinski definition) is 4. The summed E-state index contributed by atoms with van der Waals surface area (Å²) < 4.78 is 3.40. The van der Waals surface area contributed by atoms with E-state index in [1.807, 2.05) is 25.1 Å². The lowest BCUT2D eigenvalue weighted by molar-refractivity contribution is 0.266.